The summed E-state index contributed by atoms with van der Waals surface area (Å²) in [7, 11) is 1.91. The van der Waals surface area contributed by atoms with Crippen LogP contribution in [0, 0.1) is 0 Å². The lowest BCUT2D eigenvalue weighted by atomic mass is 9.95. The molecule has 1 saturated heterocycles. The highest BCUT2D eigenvalue weighted by molar-refractivity contribution is 5.88. The summed E-state index contributed by atoms with van der Waals surface area (Å²) < 4.78 is 6.90. The zero-order valence-electron chi connectivity index (χ0n) is 13.0. The maximum absolute atomic E-state index is 12.4. The number of amides is 2. The summed E-state index contributed by atoms with van der Waals surface area (Å²) in [5.74, 6) is 1.53. The van der Waals surface area contributed by atoms with Gasteiger partial charge in [-0.25, -0.2) is 4.79 Å². The fourth-order valence-electron chi connectivity index (χ4n) is 2.78. The van der Waals surface area contributed by atoms with Crippen LogP contribution in [0.2, 0.25) is 0 Å². The third kappa shape index (κ3) is 3.13. The molecule has 1 aliphatic heterocycles. The Kier molecular flexibility index (Phi) is 4.13. The largest absolute Gasteiger partial charge is 0.359 e. The number of hydrogen-bond acceptors (Lipinski definition) is 4. The van der Waals surface area contributed by atoms with E-state index in [0.717, 1.165) is 37.3 Å². The molecule has 1 N–H and O–H groups in total. The summed E-state index contributed by atoms with van der Waals surface area (Å²) in [6.07, 6.45) is 4.74. The Labute approximate surface area is 129 Å². The minimum absolute atomic E-state index is 0.128. The van der Waals surface area contributed by atoms with Crippen molar-refractivity contribution in [1.29, 1.82) is 0 Å². The van der Waals surface area contributed by atoms with Crippen LogP contribution in [0.15, 0.2) is 22.9 Å². The number of nitrogens with zero attached hydrogens (tertiary/aromatic N) is 4. The van der Waals surface area contributed by atoms with Crippen molar-refractivity contribution in [2.75, 3.05) is 18.4 Å². The van der Waals surface area contributed by atoms with Gasteiger partial charge in [0.15, 0.2) is 5.82 Å². The number of nitrogens with one attached hydrogen (secondary N) is 1. The van der Waals surface area contributed by atoms with Gasteiger partial charge in [-0.15, -0.1) is 0 Å². The van der Waals surface area contributed by atoms with Crippen LogP contribution < -0.4 is 5.32 Å². The zero-order chi connectivity index (χ0) is 15.5. The van der Waals surface area contributed by atoms with Crippen LogP contribution in [-0.4, -0.2) is 39.0 Å². The van der Waals surface area contributed by atoms with Crippen molar-refractivity contribution in [1.82, 2.24) is 19.8 Å². The first-order valence-electron chi connectivity index (χ1n) is 7.66. The second-order valence-electron chi connectivity index (χ2n) is 5.66. The molecular weight excluding hydrogens is 282 g/mol. The molecule has 0 aromatic carbocycles. The molecule has 22 heavy (non-hydrogen) atoms. The summed E-state index contributed by atoms with van der Waals surface area (Å²) >= 11 is 0. The Morgan fingerprint density at radius 2 is 2.41 bits per heavy atom. The molecule has 0 radical (unpaired) electrons. The Morgan fingerprint density at radius 3 is 3.09 bits per heavy atom. The summed E-state index contributed by atoms with van der Waals surface area (Å²) in [6, 6.07) is 3.66. The minimum Gasteiger partial charge on any atom is -0.359 e. The maximum Gasteiger partial charge on any atom is 0.323 e. The van der Waals surface area contributed by atoms with Gasteiger partial charge in [-0.05, 0) is 18.9 Å². The summed E-state index contributed by atoms with van der Waals surface area (Å²) in [6.45, 7) is 3.42. The average Bonchev–Trinajstić information content (AvgIpc) is 3.16. The van der Waals surface area contributed by atoms with Crippen LogP contribution in [0.5, 0.6) is 0 Å². The quantitative estimate of drug-likeness (QED) is 0.944. The molecule has 0 spiro atoms. The Morgan fingerprint density at radius 1 is 1.55 bits per heavy atom. The molecule has 1 aliphatic rings. The van der Waals surface area contributed by atoms with Crippen molar-refractivity contribution in [3.63, 3.8) is 0 Å². The van der Waals surface area contributed by atoms with E-state index in [4.69, 9.17) is 4.52 Å². The molecule has 2 aromatic heterocycles. The van der Waals surface area contributed by atoms with E-state index in [-0.39, 0.29) is 6.03 Å². The summed E-state index contributed by atoms with van der Waals surface area (Å²) in [5.41, 5.74) is 1.05. The first-order chi connectivity index (χ1) is 10.7. The molecule has 2 amide bonds. The first kappa shape index (κ1) is 14.6. The van der Waals surface area contributed by atoms with E-state index in [2.05, 4.69) is 15.6 Å². The van der Waals surface area contributed by atoms with Crippen molar-refractivity contribution in [2.45, 2.75) is 32.1 Å². The normalized spacial score (nSPS) is 18.5. The van der Waals surface area contributed by atoms with Gasteiger partial charge in [0.2, 0.25) is 0 Å². The number of aromatic nitrogens is 3. The predicted molar refractivity (Wildman–Crippen MR) is 81.7 cm³/mol. The Bertz CT molecular complexity index is 648. The summed E-state index contributed by atoms with van der Waals surface area (Å²) in [4.78, 5) is 14.2. The van der Waals surface area contributed by atoms with Gasteiger partial charge in [-0.3, -0.25) is 10.00 Å². The number of carbonyl (C=O) groups excluding carboxylic acids is 1. The average molecular weight is 303 g/mol. The van der Waals surface area contributed by atoms with Crippen LogP contribution in [0.25, 0.3) is 0 Å². The van der Waals surface area contributed by atoms with E-state index < -0.39 is 0 Å². The van der Waals surface area contributed by atoms with Gasteiger partial charge < -0.3 is 9.42 Å². The highest BCUT2D eigenvalue weighted by atomic mass is 16.5. The maximum atomic E-state index is 12.4. The fourth-order valence-corrected chi connectivity index (χ4v) is 2.78. The van der Waals surface area contributed by atoms with E-state index in [0.29, 0.717) is 18.3 Å². The molecule has 1 atom stereocenters. The van der Waals surface area contributed by atoms with Gasteiger partial charge in [0.25, 0.3) is 0 Å². The summed E-state index contributed by atoms with van der Waals surface area (Å²) in [5, 5.41) is 11.1. The van der Waals surface area contributed by atoms with Crippen molar-refractivity contribution < 1.29 is 9.32 Å². The van der Waals surface area contributed by atoms with E-state index >= 15 is 0 Å². The van der Waals surface area contributed by atoms with Gasteiger partial charge in [-0.1, -0.05) is 12.1 Å². The van der Waals surface area contributed by atoms with Crippen molar-refractivity contribution in [3.05, 3.63) is 29.8 Å². The van der Waals surface area contributed by atoms with E-state index in [9.17, 15) is 4.79 Å². The number of rotatable bonds is 3. The fraction of sp³-hybridized carbons (Fsp3) is 0.533. The van der Waals surface area contributed by atoms with Crippen molar-refractivity contribution >= 4 is 11.8 Å². The monoisotopic (exact) mass is 303 g/mol. The van der Waals surface area contributed by atoms with Gasteiger partial charge in [-0.2, -0.15) is 5.10 Å². The number of anilines is 1. The SMILES string of the molecule is CCc1cc(NC(=O)N2CCCC(c3ccn(C)n3)C2)no1. The Balaban J connectivity index is 1.62. The van der Waals surface area contributed by atoms with Gasteiger partial charge in [0, 0.05) is 44.7 Å². The standard InChI is InChI=1S/C15H21N5O2/c1-3-12-9-14(18-22-12)16-15(21)20-7-4-5-11(10-20)13-6-8-19(2)17-13/h6,8-9,11H,3-5,7,10H2,1-2H3,(H,16,18,21). The number of hydrogen-bond donors (Lipinski definition) is 1. The molecule has 7 heteroatoms. The van der Waals surface area contributed by atoms with E-state index in [1.54, 1.807) is 10.7 Å². The molecule has 7 nitrogen and oxygen atoms in total. The third-order valence-corrected chi connectivity index (χ3v) is 4.00. The Hall–Kier alpha value is -2.31. The van der Waals surface area contributed by atoms with Crippen molar-refractivity contribution in [2.24, 2.45) is 7.05 Å². The number of piperidine rings is 1. The molecule has 118 valence electrons. The van der Waals surface area contributed by atoms with Gasteiger partial charge >= 0.3 is 6.03 Å². The topological polar surface area (TPSA) is 76.2 Å². The number of aryl methyl sites for hydroxylation is 2. The van der Waals surface area contributed by atoms with Crippen LogP contribution in [0.4, 0.5) is 10.6 Å². The molecule has 0 saturated carbocycles. The first-order valence-corrected chi connectivity index (χ1v) is 7.66. The lowest BCUT2D eigenvalue weighted by molar-refractivity contribution is 0.192. The van der Waals surface area contributed by atoms with Crippen LogP contribution >= 0.6 is 0 Å². The van der Waals surface area contributed by atoms with Gasteiger partial charge in [0.05, 0.1) is 5.69 Å². The van der Waals surface area contributed by atoms with Gasteiger partial charge in [0.1, 0.15) is 5.76 Å². The number of likely N-dealkylation sites (tertiary alicyclic amines) is 1. The highest BCUT2D eigenvalue weighted by Gasteiger charge is 2.26. The molecule has 2 aromatic rings. The lowest BCUT2D eigenvalue weighted by Gasteiger charge is -2.31. The second-order valence-corrected chi connectivity index (χ2v) is 5.66. The lowest BCUT2D eigenvalue weighted by Crippen LogP contribution is -2.41. The smallest absolute Gasteiger partial charge is 0.323 e. The number of carbonyl (C=O) groups is 1. The van der Waals surface area contributed by atoms with Crippen molar-refractivity contribution in [3.8, 4) is 0 Å². The molecule has 3 heterocycles. The molecule has 1 unspecified atom stereocenters. The molecule has 1 fully saturated rings. The van der Waals surface area contributed by atoms with Crippen LogP contribution in [-0.2, 0) is 13.5 Å². The number of urea groups is 1. The predicted octanol–water partition coefficient (Wildman–Crippen LogP) is 2.38. The molecule has 0 aliphatic carbocycles. The highest BCUT2D eigenvalue weighted by Crippen LogP contribution is 2.26. The molecule has 0 bridgehead atoms. The molecular formula is C15H21N5O2. The van der Waals surface area contributed by atoms with Crippen LogP contribution in [0.1, 0.15) is 37.1 Å². The van der Waals surface area contributed by atoms with Crippen LogP contribution in [0.3, 0.4) is 0 Å². The molecule has 3 rings (SSSR count). The second kappa shape index (κ2) is 6.21. The van der Waals surface area contributed by atoms with E-state index in [1.165, 1.54) is 0 Å². The minimum atomic E-state index is -0.128. The van der Waals surface area contributed by atoms with E-state index in [1.807, 2.05) is 31.1 Å². The zero-order valence-corrected chi connectivity index (χ0v) is 13.0. The third-order valence-electron chi connectivity index (χ3n) is 4.00.